The molecule has 1 heterocycles. The minimum Gasteiger partial charge on any atom is -0.456 e. The second kappa shape index (κ2) is 16.8. The molecule has 10 aromatic carbocycles. The van der Waals surface area contributed by atoms with E-state index in [9.17, 15) is 0 Å². The molecule has 0 spiro atoms. The highest BCUT2D eigenvalue weighted by Gasteiger charge is 2.36. The molecule has 0 radical (unpaired) electrons. The number of benzene rings is 10. The molecule has 12 rings (SSSR count). The summed E-state index contributed by atoms with van der Waals surface area (Å²) in [5.74, 6) is 0.227. The van der Waals surface area contributed by atoms with E-state index in [1.165, 1.54) is 89.0 Å². The van der Waals surface area contributed by atoms with Gasteiger partial charge in [-0.15, -0.1) is 0 Å². The third kappa shape index (κ3) is 7.57. The quantitative estimate of drug-likeness (QED) is 0.134. The van der Waals surface area contributed by atoms with Crippen LogP contribution in [0.3, 0.4) is 0 Å². The molecule has 1 unspecified atom stereocenters. The summed E-state index contributed by atoms with van der Waals surface area (Å²) in [5, 5.41) is 2.31. The Morgan fingerprint density at radius 1 is 0.343 bits per heavy atom. The predicted molar refractivity (Wildman–Crippen MR) is 282 cm³/mol. The van der Waals surface area contributed by atoms with Crippen LogP contribution >= 0.6 is 0 Å². The highest BCUT2D eigenvalue weighted by atomic mass is 16.3. The van der Waals surface area contributed by atoms with Crippen molar-refractivity contribution in [3.63, 3.8) is 0 Å². The van der Waals surface area contributed by atoms with E-state index in [1.54, 1.807) is 0 Å². The van der Waals surface area contributed by atoms with E-state index in [1.807, 2.05) is 12.1 Å². The van der Waals surface area contributed by atoms with Crippen LogP contribution in [0.2, 0.25) is 0 Å². The van der Waals surface area contributed by atoms with Crippen molar-refractivity contribution in [2.75, 3.05) is 0 Å². The van der Waals surface area contributed by atoms with Crippen molar-refractivity contribution in [3.8, 4) is 66.8 Å². The molecule has 0 amide bonds. The first kappa shape index (κ1) is 40.5. The number of fused-ring (bicyclic) bond motifs is 6. The van der Waals surface area contributed by atoms with Crippen molar-refractivity contribution >= 4 is 21.9 Å². The minimum absolute atomic E-state index is 0.123. The molecule has 1 atom stereocenters. The van der Waals surface area contributed by atoms with Gasteiger partial charge < -0.3 is 4.42 Å². The van der Waals surface area contributed by atoms with Gasteiger partial charge in [-0.25, -0.2) is 0 Å². The minimum atomic E-state index is -0.123. The van der Waals surface area contributed by atoms with Crippen LogP contribution in [0.25, 0.3) is 88.7 Å². The van der Waals surface area contributed by atoms with Crippen LogP contribution in [0.5, 0.6) is 0 Å². The topological polar surface area (TPSA) is 13.1 Å². The van der Waals surface area contributed by atoms with Crippen LogP contribution in [-0.2, 0) is 11.8 Å². The SMILES string of the molecule is CC1(C)c2cc(-c3ccccc3)ccc2-c2ccc(C(CCc3ccc(-c4ccc(-c5ccc6c(c5)oc5ccccc56)cc4)cc3)c3ccc(-c4ccc(-c5ccccc5)cc4)cc3)cc21. The summed E-state index contributed by atoms with van der Waals surface area (Å²) in [7, 11) is 0. The molecule has 1 aliphatic rings. The molecule has 67 heavy (non-hydrogen) atoms. The fourth-order valence-corrected chi connectivity index (χ4v) is 10.6. The third-order valence-electron chi connectivity index (χ3n) is 14.5. The lowest BCUT2D eigenvalue weighted by molar-refractivity contribution is 0.654. The lowest BCUT2D eigenvalue weighted by Crippen LogP contribution is -2.16. The van der Waals surface area contributed by atoms with Crippen LogP contribution in [0.1, 0.15) is 54.0 Å². The van der Waals surface area contributed by atoms with E-state index < -0.39 is 0 Å². The molecule has 1 aromatic heterocycles. The molecule has 0 aliphatic heterocycles. The van der Waals surface area contributed by atoms with Crippen molar-refractivity contribution in [1.82, 2.24) is 0 Å². The molecule has 0 bridgehead atoms. The van der Waals surface area contributed by atoms with Gasteiger partial charge in [0.25, 0.3) is 0 Å². The normalized spacial score (nSPS) is 13.1. The van der Waals surface area contributed by atoms with Crippen LogP contribution in [0.4, 0.5) is 0 Å². The first-order valence-electron chi connectivity index (χ1n) is 23.6. The van der Waals surface area contributed by atoms with Crippen LogP contribution < -0.4 is 0 Å². The number of furan rings is 1. The highest BCUT2D eigenvalue weighted by Crippen LogP contribution is 2.51. The van der Waals surface area contributed by atoms with Crippen molar-refractivity contribution < 1.29 is 4.42 Å². The summed E-state index contributed by atoms with van der Waals surface area (Å²) in [4.78, 5) is 0. The van der Waals surface area contributed by atoms with Gasteiger partial charge in [-0.05, 0) is 132 Å². The van der Waals surface area contributed by atoms with Crippen molar-refractivity contribution in [3.05, 3.63) is 264 Å². The number of aryl methyl sites for hydroxylation is 1. The summed E-state index contributed by atoms with van der Waals surface area (Å²) in [6, 6.07) is 87.0. The molecule has 320 valence electrons. The van der Waals surface area contributed by atoms with E-state index >= 15 is 0 Å². The summed E-state index contributed by atoms with van der Waals surface area (Å²) in [6.07, 6.45) is 1.97. The number of hydrogen-bond donors (Lipinski definition) is 0. The average Bonchev–Trinajstić information content (AvgIpc) is 3.88. The summed E-state index contributed by atoms with van der Waals surface area (Å²) < 4.78 is 6.19. The fraction of sp³-hybridized carbons (Fsp3) is 0.0909. The van der Waals surface area contributed by atoms with E-state index in [2.05, 4.69) is 238 Å². The molecular formula is C66H50O. The Kier molecular flexibility index (Phi) is 10.1. The summed E-state index contributed by atoms with van der Waals surface area (Å²) in [6.45, 7) is 4.80. The predicted octanol–water partition coefficient (Wildman–Crippen LogP) is 18.0. The molecule has 0 saturated heterocycles. The maximum atomic E-state index is 6.19. The van der Waals surface area contributed by atoms with E-state index in [0.717, 1.165) is 40.3 Å². The Bertz CT molecular complexity index is 3540. The zero-order valence-corrected chi connectivity index (χ0v) is 37.9. The third-order valence-corrected chi connectivity index (χ3v) is 14.5. The van der Waals surface area contributed by atoms with Crippen LogP contribution in [-0.4, -0.2) is 0 Å². The maximum absolute atomic E-state index is 6.19. The van der Waals surface area contributed by atoms with Gasteiger partial charge in [0.1, 0.15) is 11.2 Å². The molecule has 1 aliphatic carbocycles. The fourth-order valence-electron chi connectivity index (χ4n) is 10.6. The summed E-state index contributed by atoms with van der Waals surface area (Å²) >= 11 is 0. The standard InChI is InChI=1S/C66H50O/c1-66(2)62-41-54(46-13-7-4-8-14-46)34-38-58(62)59-39-36-56(42-63(59)66)57(53-32-30-51(31-33-53)50-24-22-48(23-25-50)45-11-5-3-6-12-45)37-19-44-17-20-47(21-18-44)49-26-28-52(29-27-49)55-35-40-61-60-15-9-10-16-64(60)67-65(61)43-55/h3-18,20-36,38-43,57H,19,37H2,1-2H3. The van der Waals surface area contributed by atoms with Crippen molar-refractivity contribution in [2.45, 2.75) is 38.0 Å². The zero-order valence-electron chi connectivity index (χ0n) is 37.9. The molecule has 1 heteroatoms. The Labute approximate surface area is 393 Å². The van der Waals surface area contributed by atoms with Gasteiger partial charge in [-0.1, -0.05) is 226 Å². The molecule has 0 saturated carbocycles. The highest BCUT2D eigenvalue weighted by molar-refractivity contribution is 6.05. The molecule has 0 N–H and O–H groups in total. The van der Waals surface area contributed by atoms with Crippen molar-refractivity contribution in [1.29, 1.82) is 0 Å². The van der Waals surface area contributed by atoms with Crippen molar-refractivity contribution in [2.24, 2.45) is 0 Å². The first-order chi connectivity index (χ1) is 32.9. The lowest BCUT2D eigenvalue weighted by Gasteiger charge is -2.25. The average molecular weight is 859 g/mol. The number of para-hydroxylation sites is 1. The van der Waals surface area contributed by atoms with Gasteiger partial charge in [-0.2, -0.15) is 0 Å². The van der Waals surface area contributed by atoms with Crippen LogP contribution in [0.15, 0.2) is 241 Å². The Balaban J connectivity index is 0.817. The molecule has 0 fully saturated rings. The monoisotopic (exact) mass is 858 g/mol. The van der Waals surface area contributed by atoms with Gasteiger partial charge in [0.15, 0.2) is 0 Å². The molecule has 11 aromatic rings. The number of hydrogen-bond acceptors (Lipinski definition) is 1. The Morgan fingerprint density at radius 3 is 1.39 bits per heavy atom. The van der Waals surface area contributed by atoms with E-state index in [-0.39, 0.29) is 11.3 Å². The second-order valence-electron chi connectivity index (χ2n) is 18.8. The van der Waals surface area contributed by atoms with Gasteiger partial charge in [0.2, 0.25) is 0 Å². The molecular weight excluding hydrogens is 809 g/mol. The smallest absolute Gasteiger partial charge is 0.136 e. The number of rotatable bonds is 10. The largest absolute Gasteiger partial charge is 0.456 e. The maximum Gasteiger partial charge on any atom is 0.136 e. The van der Waals surface area contributed by atoms with E-state index in [4.69, 9.17) is 4.42 Å². The van der Waals surface area contributed by atoms with Gasteiger partial charge in [-0.3, -0.25) is 0 Å². The van der Waals surface area contributed by atoms with Gasteiger partial charge in [0.05, 0.1) is 0 Å². The van der Waals surface area contributed by atoms with E-state index in [0.29, 0.717) is 0 Å². The van der Waals surface area contributed by atoms with Gasteiger partial charge in [0, 0.05) is 22.1 Å². The zero-order chi connectivity index (χ0) is 44.9. The van der Waals surface area contributed by atoms with Crippen LogP contribution in [0, 0.1) is 0 Å². The second-order valence-corrected chi connectivity index (χ2v) is 18.8. The molecule has 1 nitrogen and oxygen atoms in total. The van der Waals surface area contributed by atoms with Gasteiger partial charge >= 0.3 is 0 Å². The Hall–Kier alpha value is -8.00. The lowest BCUT2D eigenvalue weighted by atomic mass is 9.79. The summed E-state index contributed by atoms with van der Waals surface area (Å²) in [5.41, 5.74) is 23.6. The Morgan fingerprint density at radius 2 is 0.761 bits per heavy atom. The first-order valence-corrected chi connectivity index (χ1v) is 23.6.